The molecule has 0 saturated carbocycles. The van der Waals surface area contributed by atoms with E-state index in [2.05, 4.69) is 16.7 Å². The number of fused-ring (bicyclic) bond motifs is 1. The van der Waals surface area contributed by atoms with Crippen molar-refractivity contribution in [1.29, 1.82) is 0 Å². The zero-order valence-corrected chi connectivity index (χ0v) is 10.6. The largest absolute Gasteiger partial charge is 0.347 e. The Balaban J connectivity index is 2.05. The van der Waals surface area contributed by atoms with Gasteiger partial charge in [0.15, 0.2) is 0 Å². The average Bonchev–Trinajstić information content (AvgIpc) is 2.37. The van der Waals surface area contributed by atoms with Crippen LogP contribution in [0, 0.1) is 0 Å². The van der Waals surface area contributed by atoms with Gasteiger partial charge in [0.05, 0.1) is 6.54 Å². The van der Waals surface area contributed by atoms with E-state index in [-0.39, 0.29) is 18.4 Å². The molecule has 1 aromatic rings. The summed E-state index contributed by atoms with van der Waals surface area (Å²) in [4.78, 5) is 22.4. The Morgan fingerprint density at radius 1 is 1.22 bits per heavy atom. The minimum atomic E-state index is -0.194. The first kappa shape index (κ1) is 12.6. The summed E-state index contributed by atoms with van der Waals surface area (Å²) in [5.74, 6) is -0.371. The van der Waals surface area contributed by atoms with Crippen molar-refractivity contribution in [2.24, 2.45) is 0 Å². The van der Waals surface area contributed by atoms with Crippen molar-refractivity contribution >= 4 is 17.5 Å². The molecule has 2 N–H and O–H groups in total. The molecule has 4 nitrogen and oxygen atoms in total. The van der Waals surface area contributed by atoms with Crippen molar-refractivity contribution in [3.63, 3.8) is 0 Å². The van der Waals surface area contributed by atoms with Crippen LogP contribution in [0.2, 0.25) is 0 Å². The van der Waals surface area contributed by atoms with Crippen molar-refractivity contribution in [2.75, 3.05) is 11.9 Å². The summed E-state index contributed by atoms with van der Waals surface area (Å²) in [6.07, 6.45) is 4.50. The van der Waals surface area contributed by atoms with Crippen molar-refractivity contribution in [3.05, 3.63) is 29.3 Å². The van der Waals surface area contributed by atoms with E-state index in [1.54, 1.807) is 0 Å². The summed E-state index contributed by atoms with van der Waals surface area (Å²) in [5.41, 5.74) is 3.47. The average molecular weight is 246 g/mol. The fraction of sp³-hybridized carbons (Fsp3) is 0.429. The van der Waals surface area contributed by atoms with Crippen LogP contribution < -0.4 is 10.6 Å². The second-order valence-corrected chi connectivity index (χ2v) is 4.61. The van der Waals surface area contributed by atoms with Gasteiger partial charge in [0.25, 0.3) is 0 Å². The monoisotopic (exact) mass is 246 g/mol. The van der Waals surface area contributed by atoms with Crippen LogP contribution in [0.1, 0.15) is 30.9 Å². The van der Waals surface area contributed by atoms with E-state index in [1.165, 1.54) is 30.9 Å². The topological polar surface area (TPSA) is 58.2 Å². The fourth-order valence-electron chi connectivity index (χ4n) is 2.30. The van der Waals surface area contributed by atoms with Crippen molar-refractivity contribution in [3.8, 4) is 0 Å². The van der Waals surface area contributed by atoms with E-state index >= 15 is 0 Å². The Morgan fingerprint density at radius 2 is 2.00 bits per heavy atom. The number of amides is 2. The van der Waals surface area contributed by atoms with Gasteiger partial charge in [-0.2, -0.15) is 0 Å². The van der Waals surface area contributed by atoms with Gasteiger partial charge >= 0.3 is 0 Å². The summed E-state index contributed by atoms with van der Waals surface area (Å²) >= 11 is 0. The summed E-state index contributed by atoms with van der Waals surface area (Å²) in [7, 11) is 0. The maximum Gasteiger partial charge on any atom is 0.243 e. The number of aryl methyl sites for hydroxylation is 1. The summed E-state index contributed by atoms with van der Waals surface area (Å²) in [6.45, 7) is 1.43. The third kappa shape index (κ3) is 3.09. The lowest BCUT2D eigenvalue weighted by Crippen LogP contribution is -2.31. The number of nitrogens with one attached hydrogen (secondary N) is 2. The molecule has 0 fully saturated rings. The van der Waals surface area contributed by atoms with Crippen molar-refractivity contribution in [2.45, 2.75) is 32.6 Å². The van der Waals surface area contributed by atoms with E-state index in [4.69, 9.17) is 0 Å². The molecule has 18 heavy (non-hydrogen) atoms. The molecule has 1 aliphatic carbocycles. The van der Waals surface area contributed by atoms with E-state index in [0.29, 0.717) is 0 Å². The molecule has 2 amide bonds. The van der Waals surface area contributed by atoms with Gasteiger partial charge < -0.3 is 10.6 Å². The van der Waals surface area contributed by atoms with Gasteiger partial charge in [0.2, 0.25) is 11.8 Å². The standard InChI is InChI=1S/C14H18N2O2/c1-10(17)15-9-14(18)16-13-8-4-6-11-5-2-3-7-12(11)13/h4,6,8H,2-3,5,7,9H2,1H3,(H,15,17)(H,16,18). The molecule has 2 rings (SSSR count). The first-order valence-electron chi connectivity index (χ1n) is 6.32. The molecule has 4 heteroatoms. The molecule has 0 bridgehead atoms. The molecule has 0 atom stereocenters. The molecule has 0 spiro atoms. The maximum atomic E-state index is 11.7. The van der Waals surface area contributed by atoms with Crippen molar-refractivity contribution in [1.82, 2.24) is 5.32 Å². The Labute approximate surface area is 107 Å². The van der Waals surface area contributed by atoms with Crippen LogP contribution in [0.15, 0.2) is 18.2 Å². The first-order valence-corrected chi connectivity index (χ1v) is 6.32. The molecule has 0 aromatic heterocycles. The van der Waals surface area contributed by atoms with Gasteiger partial charge in [-0.1, -0.05) is 12.1 Å². The van der Waals surface area contributed by atoms with Gasteiger partial charge in [-0.15, -0.1) is 0 Å². The number of hydrogen-bond donors (Lipinski definition) is 2. The molecular formula is C14H18N2O2. The third-order valence-electron chi connectivity index (χ3n) is 3.17. The van der Waals surface area contributed by atoms with Crippen LogP contribution in [0.4, 0.5) is 5.69 Å². The van der Waals surface area contributed by atoms with Crippen LogP contribution in [-0.2, 0) is 22.4 Å². The Kier molecular flexibility index (Phi) is 3.97. The van der Waals surface area contributed by atoms with E-state index in [1.807, 2.05) is 12.1 Å². The summed E-state index contributed by atoms with van der Waals surface area (Å²) in [5, 5.41) is 5.37. The maximum absolute atomic E-state index is 11.7. The molecule has 0 heterocycles. The quantitative estimate of drug-likeness (QED) is 0.851. The minimum absolute atomic E-state index is 0.0268. The molecule has 1 aliphatic rings. The molecule has 1 aromatic carbocycles. The van der Waals surface area contributed by atoms with Gasteiger partial charge in [0.1, 0.15) is 0 Å². The predicted octanol–water partition coefficient (Wildman–Crippen LogP) is 1.64. The van der Waals surface area contributed by atoms with Gasteiger partial charge in [0, 0.05) is 12.6 Å². The second kappa shape index (κ2) is 5.67. The lowest BCUT2D eigenvalue weighted by atomic mass is 9.90. The molecule has 0 unspecified atom stereocenters. The van der Waals surface area contributed by atoms with Gasteiger partial charge in [-0.05, 0) is 42.9 Å². The Hall–Kier alpha value is -1.84. The molecular weight excluding hydrogens is 228 g/mol. The molecule has 96 valence electrons. The van der Waals surface area contributed by atoms with Gasteiger partial charge in [-0.3, -0.25) is 9.59 Å². The molecule has 0 saturated heterocycles. The van der Waals surface area contributed by atoms with Crippen LogP contribution in [0.5, 0.6) is 0 Å². The Morgan fingerprint density at radius 3 is 2.78 bits per heavy atom. The molecule has 0 aliphatic heterocycles. The minimum Gasteiger partial charge on any atom is -0.347 e. The number of carbonyl (C=O) groups excluding carboxylic acids is 2. The van der Waals surface area contributed by atoms with Crippen LogP contribution in [0.3, 0.4) is 0 Å². The van der Waals surface area contributed by atoms with Crippen LogP contribution in [0.25, 0.3) is 0 Å². The van der Waals surface area contributed by atoms with Crippen molar-refractivity contribution < 1.29 is 9.59 Å². The zero-order chi connectivity index (χ0) is 13.0. The molecule has 0 radical (unpaired) electrons. The highest BCUT2D eigenvalue weighted by Gasteiger charge is 2.14. The van der Waals surface area contributed by atoms with Crippen LogP contribution in [-0.4, -0.2) is 18.4 Å². The number of carbonyl (C=O) groups is 2. The van der Waals surface area contributed by atoms with E-state index in [9.17, 15) is 9.59 Å². The smallest absolute Gasteiger partial charge is 0.243 e. The first-order chi connectivity index (χ1) is 8.66. The lowest BCUT2D eigenvalue weighted by Gasteiger charge is -2.19. The lowest BCUT2D eigenvalue weighted by molar-refractivity contribution is -0.122. The highest BCUT2D eigenvalue weighted by atomic mass is 16.2. The highest BCUT2D eigenvalue weighted by Crippen LogP contribution is 2.27. The number of hydrogen-bond acceptors (Lipinski definition) is 2. The third-order valence-corrected chi connectivity index (χ3v) is 3.17. The predicted molar refractivity (Wildman–Crippen MR) is 70.4 cm³/mol. The Bertz CT molecular complexity index is 469. The number of benzene rings is 1. The highest BCUT2D eigenvalue weighted by molar-refractivity contribution is 5.95. The van der Waals surface area contributed by atoms with Gasteiger partial charge in [-0.25, -0.2) is 0 Å². The summed E-state index contributed by atoms with van der Waals surface area (Å²) in [6, 6.07) is 6.02. The number of rotatable bonds is 3. The summed E-state index contributed by atoms with van der Waals surface area (Å²) < 4.78 is 0. The number of anilines is 1. The SMILES string of the molecule is CC(=O)NCC(=O)Nc1cccc2c1CCCC2. The van der Waals surface area contributed by atoms with Crippen LogP contribution >= 0.6 is 0 Å². The zero-order valence-electron chi connectivity index (χ0n) is 10.6. The fourth-order valence-corrected chi connectivity index (χ4v) is 2.30. The normalized spacial score (nSPS) is 13.6. The van der Waals surface area contributed by atoms with E-state index < -0.39 is 0 Å². The second-order valence-electron chi connectivity index (χ2n) is 4.61. The van der Waals surface area contributed by atoms with E-state index in [0.717, 1.165) is 18.5 Å².